The Morgan fingerprint density at radius 2 is 2.12 bits per heavy atom. The Hall–Kier alpha value is -1.98. The van der Waals surface area contributed by atoms with E-state index in [0.29, 0.717) is 15.0 Å². The van der Waals surface area contributed by atoms with Gasteiger partial charge in [0.2, 0.25) is 11.0 Å². The molecule has 0 saturated heterocycles. The molecule has 2 amide bonds. The van der Waals surface area contributed by atoms with Gasteiger partial charge in [-0.15, -0.1) is 10.2 Å². The van der Waals surface area contributed by atoms with Crippen LogP contribution in [0.4, 0.5) is 5.13 Å². The monoisotopic (exact) mass is 458 g/mol. The zero-order valence-electron chi connectivity index (χ0n) is 13.7. The van der Waals surface area contributed by atoms with E-state index in [1.54, 1.807) is 25.1 Å². The molecule has 2 rings (SSSR count). The first-order valence-electron chi connectivity index (χ1n) is 7.43. The van der Waals surface area contributed by atoms with E-state index in [9.17, 15) is 14.4 Å². The minimum atomic E-state index is -0.487. The molecule has 0 aliphatic rings. The highest BCUT2D eigenvalue weighted by Gasteiger charge is 2.12. The van der Waals surface area contributed by atoms with E-state index in [0.717, 1.165) is 27.6 Å². The molecule has 0 aliphatic carbocycles. The Balaban J connectivity index is 1.79. The fourth-order valence-electron chi connectivity index (χ4n) is 1.68. The number of rotatable bonds is 8. The number of amides is 2. The minimum absolute atomic E-state index is 0.0770. The van der Waals surface area contributed by atoms with Crippen molar-refractivity contribution in [3.63, 3.8) is 0 Å². The predicted octanol–water partition coefficient (Wildman–Crippen LogP) is 2.32. The molecule has 26 heavy (non-hydrogen) atoms. The summed E-state index contributed by atoms with van der Waals surface area (Å²) in [6, 6.07) is 6.96. The second-order valence-electron chi connectivity index (χ2n) is 4.71. The zero-order chi connectivity index (χ0) is 18.9. The van der Waals surface area contributed by atoms with Gasteiger partial charge in [0.25, 0.3) is 5.91 Å². The third-order valence-corrected chi connectivity index (χ3v) is 5.24. The number of nitrogens with zero attached hydrogens (tertiary/aromatic N) is 2. The standard InChI is InChI=1S/C15H15BrN4O4S2/c1-2-24-12(22)7-17-11(21)8-25-15-20-19-14(26-15)18-13(23)9-4-3-5-10(16)6-9/h3-6H,2,7-8H2,1H3,(H,17,21)(H,18,19,23). The maximum absolute atomic E-state index is 12.1. The molecule has 2 aromatic rings. The van der Waals surface area contributed by atoms with E-state index in [-0.39, 0.29) is 30.7 Å². The van der Waals surface area contributed by atoms with Crippen molar-refractivity contribution in [2.24, 2.45) is 0 Å². The van der Waals surface area contributed by atoms with Crippen molar-refractivity contribution in [3.05, 3.63) is 34.3 Å². The van der Waals surface area contributed by atoms with Crippen LogP contribution < -0.4 is 10.6 Å². The van der Waals surface area contributed by atoms with Crippen LogP contribution in [0.3, 0.4) is 0 Å². The van der Waals surface area contributed by atoms with Crippen molar-refractivity contribution in [1.29, 1.82) is 0 Å². The molecular weight excluding hydrogens is 444 g/mol. The number of hydrogen-bond acceptors (Lipinski definition) is 8. The fourth-order valence-corrected chi connectivity index (χ4v) is 3.65. The van der Waals surface area contributed by atoms with Gasteiger partial charge in [0.15, 0.2) is 4.34 Å². The molecule has 0 atom stereocenters. The van der Waals surface area contributed by atoms with E-state index < -0.39 is 5.97 Å². The Bertz CT molecular complexity index is 799. The van der Waals surface area contributed by atoms with Gasteiger partial charge in [0, 0.05) is 10.0 Å². The first kappa shape index (κ1) is 20.3. The van der Waals surface area contributed by atoms with Gasteiger partial charge in [0.05, 0.1) is 12.4 Å². The van der Waals surface area contributed by atoms with Crippen molar-refractivity contribution in [3.8, 4) is 0 Å². The number of carbonyl (C=O) groups is 3. The van der Waals surface area contributed by atoms with Crippen molar-refractivity contribution >= 4 is 61.9 Å². The number of esters is 1. The summed E-state index contributed by atoms with van der Waals surface area (Å²) in [6.07, 6.45) is 0. The second kappa shape index (κ2) is 10.2. The summed E-state index contributed by atoms with van der Waals surface area (Å²) in [4.78, 5) is 35.0. The van der Waals surface area contributed by atoms with Crippen LogP contribution in [0.5, 0.6) is 0 Å². The number of benzene rings is 1. The van der Waals surface area contributed by atoms with Crippen molar-refractivity contribution in [2.45, 2.75) is 11.3 Å². The largest absolute Gasteiger partial charge is 0.465 e. The number of aromatic nitrogens is 2. The third kappa shape index (κ3) is 6.73. The molecule has 0 aliphatic heterocycles. The van der Waals surface area contributed by atoms with Crippen LogP contribution in [-0.4, -0.2) is 46.9 Å². The van der Waals surface area contributed by atoms with Crippen LogP contribution in [0.2, 0.25) is 0 Å². The topological polar surface area (TPSA) is 110 Å². The molecule has 0 bridgehead atoms. The lowest BCUT2D eigenvalue weighted by molar-refractivity contribution is -0.143. The smallest absolute Gasteiger partial charge is 0.325 e. The first-order chi connectivity index (χ1) is 12.5. The van der Waals surface area contributed by atoms with Crippen LogP contribution in [0.25, 0.3) is 0 Å². The van der Waals surface area contributed by atoms with E-state index in [1.807, 2.05) is 6.07 Å². The summed E-state index contributed by atoms with van der Waals surface area (Å²) in [5, 5.41) is 13.2. The third-order valence-electron chi connectivity index (χ3n) is 2.78. The van der Waals surface area contributed by atoms with E-state index in [2.05, 4.69) is 36.8 Å². The molecule has 138 valence electrons. The van der Waals surface area contributed by atoms with Crippen molar-refractivity contribution in [1.82, 2.24) is 15.5 Å². The van der Waals surface area contributed by atoms with Gasteiger partial charge in [-0.1, -0.05) is 45.1 Å². The molecule has 0 fully saturated rings. The van der Waals surface area contributed by atoms with E-state index >= 15 is 0 Å². The Morgan fingerprint density at radius 3 is 2.85 bits per heavy atom. The molecule has 2 N–H and O–H groups in total. The highest BCUT2D eigenvalue weighted by atomic mass is 79.9. The number of nitrogens with one attached hydrogen (secondary N) is 2. The number of halogens is 1. The molecule has 1 heterocycles. The SMILES string of the molecule is CCOC(=O)CNC(=O)CSc1nnc(NC(=O)c2cccc(Br)c2)s1. The summed E-state index contributed by atoms with van der Waals surface area (Å²) in [5.41, 5.74) is 0.488. The predicted molar refractivity (Wildman–Crippen MR) is 102 cm³/mol. The van der Waals surface area contributed by atoms with E-state index in [1.165, 1.54) is 0 Å². The Kier molecular flexibility index (Phi) is 8.01. The summed E-state index contributed by atoms with van der Waals surface area (Å²) in [7, 11) is 0. The molecular formula is C15H15BrN4O4S2. The fraction of sp³-hybridized carbons (Fsp3) is 0.267. The lowest BCUT2D eigenvalue weighted by Crippen LogP contribution is -2.31. The lowest BCUT2D eigenvalue weighted by Gasteiger charge is -2.03. The molecule has 1 aromatic heterocycles. The minimum Gasteiger partial charge on any atom is -0.465 e. The Labute approximate surface area is 166 Å². The van der Waals surface area contributed by atoms with Crippen LogP contribution in [0, 0.1) is 0 Å². The summed E-state index contributed by atoms with van der Waals surface area (Å²) in [5.74, 6) is -1.03. The Morgan fingerprint density at radius 1 is 1.31 bits per heavy atom. The van der Waals surface area contributed by atoms with Crippen LogP contribution >= 0.6 is 39.0 Å². The maximum atomic E-state index is 12.1. The number of thioether (sulfide) groups is 1. The van der Waals surface area contributed by atoms with Crippen LogP contribution in [0.15, 0.2) is 33.1 Å². The highest BCUT2D eigenvalue weighted by Crippen LogP contribution is 2.25. The second-order valence-corrected chi connectivity index (χ2v) is 7.82. The lowest BCUT2D eigenvalue weighted by atomic mass is 10.2. The summed E-state index contributed by atoms with van der Waals surface area (Å²) in [6.45, 7) is 1.79. The van der Waals surface area contributed by atoms with Crippen molar-refractivity contribution in [2.75, 3.05) is 24.2 Å². The molecule has 1 aromatic carbocycles. The number of ether oxygens (including phenoxy) is 1. The van der Waals surface area contributed by atoms with Crippen molar-refractivity contribution < 1.29 is 19.1 Å². The molecule has 0 saturated carbocycles. The summed E-state index contributed by atoms with van der Waals surface area (Å²) >= 11 is 5.63. The molecule has 0 radical (unpaired) electrons. The summed E-state index contributed by atoms with van der Waals surface area (Å²) < 4.78 is 6.04. The maximum Gasteiger partial charge on any atom is 0.325 e. The average Bonchev–Trinajstić information content (AvgIpc) is 3.06. The first-order valence-corrected chi connectivity index (χ1v) is 10.0. The molecule has 8 nitrogen and oxygen atoms in total. The average molecular weight is 459 g/mol. The zero-order valence-corrected chi connectivity index (χ0v) is 16.9. The molecule has 0 spiro atoms. The van der Waals surface area contributed by atoms with Gasteiger partial charge >= 0.3 is 5.97 Å². The van der Waals surface area contributed by atoms with Gasteiger partial charge in [-0.25, -0.2) is 0 Å². The molecule has 11 heteroatoms. The highest BCUT2D eigenvalue weighted by molar-refractivity contribution is 9.10. The van der Waals surface area contributed by atoms with Crippen LogP contribution in [-0.2, 0) is 14.3 Å². The number of hydrogen-bond donors (Lipinski definition) is 2. The van der Waals surface area contributed by atoms with Crippen LogP contribution in [0.1, 0.15) is 17.3 Å². The normalized spacial score (nSPS) is 10.2. The van der Waals surface area contributed by atoms with Gasteiger partial charge in [-0.05, 0) is 25.1 Å². The van der Waals surface area contributed by atoms with Gasteiger partial charge < -0.3 is 10.1 Å². The molecule has 0 unspecified atom stereocenters. The quantitative estimate of drug-likeness (QED) is 0.354. The number of anilines is 1. The van der Waals surface area contributed by atoms with E-state index in [4.69, 9.17) is 4.74 Å². The number of carbonyl (C=O) groups excluding carboxylic acids is 3. The van der Waals surface area contributed by atoms with Gasteiger partial charge in [0.1, 0.15) is 6.54 Å². The van der Waals surface area contributed by atoms with Gasteiger partial charge in [-0.2, -0.15) is 0 Å². The van der Waals surface area contributed by atoms with Gasteiger partial charge in [-0.3, -0.25) is 19.7 Å².